The van der Waals surface area contributed by atoms with E-state index >= 15 is 0 Å². The average Bonchev–Trinajstić information content (AvgIpc) is 3.13. The zero-order valence-electron chi connectivity index (χ0n) is 17.2. The fourth-order valence-corrected chi connectivity index (χ4v) is 5.70. The molecular weight excluding hydrogens is 512 g/mol. The molecule has 0 aliphatic carbocycles. The monoisotopic (exact) mass is 530 g/mol. The predicted molar refractivity (Wildman–Crippen MR) is 131 cm³/mol. The first-order valence-corrected chi connectivity index (χ1v) is 12.8. The predicted octanol–water partition coefficient (Wildman–Crippen LogP) is 5.25. The van der Waals surface area contributed by atoms with Crippen molar-refractivity contribution in [3.05, 3.63) is 64.2 Å². The van der Waals surface area contributed by atoms with E-state index < -0.39 is 15.9 Å². The number of benzene rings is 2. The topological polar surface area (TPSA) is 101 Å². The molecule has 4 rings (SSSR count). The number of aromatic nitrogens is 2. The molecule has 2 aromatic heterocycles. The molecule has 2 aromatic carbocycles. The van der Waals surface area contributed by atoms with E-state index in [-0.39, 0.29) is 4.90 Å². The van der Waals surface area contributed by atoms with Crippen LogP contribution < -0.4 is 10.0 Å². The summed E-state index contributed by atoms with van der Waals surface area (Å²) in [6, 6.07) is 14.3. The Morgan fingerprint density at radius 2 is 1.75 bits per heavy atom. The summed E-state index contributed by atoms with van der Waals surface area (Å²) in [4.78, 5) is 22.2. The number of hydrogen-bond acceptors (Lipinski definition) is 7. The van der Waals surface area contributed by atoms with Crippen molar-refractivity contribution in [1.82, 2.24) is 14.7 Å². The molecule has 4 aromatic rings. The summed E-state index contributed by atoms with van der Waals surface area (Å²) in [5.74, 6) is 0.00146. The molecule has 0 unspecified atom stereocenters. The molecule has 0 aliphatic rings. The first kappa shape index (κ1) is 22.4. The van der Waals surface area contributed by atoms with Crippen LogP contribution in [-0.2, 0) is 21.2 Å². The number of nitrogens with one attached hydrogen (secondary N) is 2. The average molecular weight is 531 g/mol. The van der Waals surface area contributed by atoms with Gasteiger partial charge in [0, 0.05) is 27.5 Å². The van der Waals surface area contributed by atoms with Crippen LogP contribution >= 0.6 is 27.3 Å². The van der Waals surface area contributed by atoms with Crippen LogP contribution in [0.1, 0.15) is 18.7 Å². The second-order valence-electron chi connectivity index (χ2n) is 6.97. The number of carbonyl (C=O) groups is 1. The van der Waals surface area contributed by atoms with E-state index in [1.54, 1.807) is 23.5 Å². The van der Waals surface area contributed by atoms with Crippen LogP contribution in [0.4, 0.5) is 11.5 Å². The number of amides is 1. The third-order valence-corrected chi connectivity index (χ3v) is 7.94. The number of thiophene rings is 1. The van der Waals surface area contributed by atoms with Crippen LogP contribution in [0.15, 0.2) is 64.2 Å². The largest absolute Gasteiger partial charge is 0.340 e. The lowest BCUT2D eigenvalue weighted by atomic mass is 10.0. The van der Waals surface area contributed by atoms with Gasteiger partial charge in [-0.05, 0) is 48.4 Å². The summed E-state index contributed by atoms with van der Waals surface area (Å²) in [6.07, 6.45) is 2.38. The Morgan fingerprint density at radius 1 is 1.06 bits per heavy atom. The SMILES string of the molecule is CCc1sc2ncnc(Nc3ccc(S(=O)(=O)NC(C)=O)cc3)c2c1-c1ccc(Br)cc1. The minimum Gasteiger partial charge on any atom is -0.340 e. The minimum absolute atomic E-state index is 0.00504. The Labute approximate surface area is 198 Å². The summed E-state index contributed by atoms with van der Waals surface area (Å²) in [7, 11) is -3.89. The Bertz CT molecular complexity index is 1400. The second-order valence-corrected chi connectivity index (χ2v) is 10.7. The molecule has 32 heavy (non-hydrogen) atoms. The van der Waals surface area contributed by atoms with Crippen molar-refractivity contribution < 1.29 is 13.2 Å². The van der Waals surface area contributed by atoms with Gasteiger partial charge in [0.05, 0.1) is 10.3 Å². The van der Waals surface area contributed by atoms with E-state index in [0.717, 1.165) is 39.2 Å². The van der Waals surface area contributed by atoms with Crippen molar-refractivity contribution in [2.24, 2.45) is 0 Å². The zero-order valence-corrected chi connectivity index (χ0v) is 20.4. The molecule has 0 bridgehead atoms. The lowest BCUT2D eigenvalue weighted by Crippen LogP contribution is -2.28. The maximum absolute atomic E-state index is 12.2. The van der Waals surface area contributed by atoms with E-state index in [2.05, 4.69) is 50.3 Å². The molecule has 0 saturated carbocycles. The Balaban J connectivity index is 1.75. The van der Waals surface area contributed by atoms with Gasteiger partial charge < -0.3 is 5.32 Å². The van der Waals surface area contributed by atoms with E-state index in [9.17, 15) is 13.2 Å². The van der Waals surface area contributed by atoms with Gasteiger partial charge in [0.25, 0.3) is 10.0 Å². The molecule has 0 saturated heterocycles. The molecule has 164 valence electrons. The fraction of sp³-hybridized carbons (Fsp3) is 0.136. The molecule has 0 radical (unpaired) electrons. The standard InChI is InChI=1S/C22H19BrN4O3S2/c1-3-18-19(14-4-6-15(23)7-5-14)20-21(24-12-25-22(20)31-18)26-16-8-10-17(11-9-16)32(29,30)27-13(2)28/h4-12H,3H2,1-2H3,(H,27,28)(H,24,25,26). The van der Waals surface area contributed by atoms with Crippen molar-refractivity contribution in [1.29, 1.82) is 0 Å². The van der Waals surface area contributed by atoms with Crippen LogP contribution in [-0.4, -0.2) is 24.3 Å². The fourth-order valence-electron chi connectivity index (χ4n) is 3.35. The minimum atomic E-state index is -3.89. The first-order chi connectivity index (χ1) is 15.3. The zero-order chi connectivity index (χ0) is 22.9. The van der Waals surface area contributed by atoms with Gasteiger partial charge in [-0.1, -0.05) is 35.0 Å². The molecule has 7 nitrogen and oxygen atoms in total. The van der Waals surface area contributed by atoms with Crippen LogP contribution in [0.5, 0.6) is 0 Å². The molecule has 1 amide bonds. The highest BCUT2D eigenvalue weighted by Crippen LogP contribution is 2.42. The van der Waals surface area contributed by atoms with Crippen molar-refractivity contribution >= 4 is 64.9 Å². The normalized spacial score (nSPS) is 11.5. The van der Waals surface area contributed by atoms with Gasteiger partial charge in [-0.15, -0.1) is 11.3 Å². The highest BCUT2D eigenvalue weighted by molar-refractivity contribution is 9.10. The number of aryl methyl sites for hydroxylation is 1. The summed E-state index contributed by atoms with van der Waals surface area (Å²) >= 11 is 5.12. The highest BCUT2D eigenvalue weighted by atomic mass is 79.9. The van der Waals surface area contributed by atoms with E-state index in [1.807, 2.05) is 16.9 Å². The third-order valence-electron chi connectivity index (χ3n) is 4.72. The van der Waals surface area contributed by atoms with Gasteiger partial charge >= 0.3 is 0 Å². The van der Waals surface area contributed by atoms with Gasteiger partial charge in [0.1, 0.15) is 17.0 Å². The van der Waals surface area contributed by atoms with Crippen LogP contribution in [0.2, 0.25) is 0 Å². The van der Waals surface area contributed by atoms with Crippen LogP contribution in [0.25, 0.3) is 21.3 Å². The first-order valence-electron chi connectivity index (χ1n) is 9.71. The molecule has 0 atom stereocenters. The highest BCUT2D eigenvalue weighted by Gasteiger charge is 2.19. The quantitative estimate of drug-likeness (QED) is 0.353. The van der Waals surface area contributed by atoms with Crippen molar-refractivity contribution in [2.75, 3.05) is 5.32 Å². The molecule has 10 heteroatoms. The van der Waals surface area contributed by atoms with Gasteiger partial charge in [-0.25, -0.2) is 23.1 Å². The van der Waals surface area contributed by atoms with Gasteiger partial charge in [0.2, 0.25) is 5.91 Å². The lowest BCUT2D eigenvalue weighted by molar-refractivity contribution is -0.117. The van der Waals surface area contributed by atoms with Crippen molar-refractivity contribution in [3.8, 4) is 11.1 Å². The third kappa shape index (κ3) is 4.52. The molecule has 0 aliphatic heterocycles. The Kier molecular flexibility index (Phi) is 6.27. The Hall–Kier alpha value is -2.82. The van der Waals surface area contributed by atoms with E-state index in [1.165, 1.54) is 23.3 Å². The number of nitrogens with zero attached hydrogens (tertiary/aromatic N) is 2. The summed E-state index contributed by atoms with van der Waals surface area (Å²) in [5, 5.41) is 4.21. The molecular formula is C22H19BrN4O3S2. The van der Waals surface area contributed by atoms with Crippen LogP contribution in [0, 0.1) is 0 Å². The second kappa shape index (κ2) is 8.97. The molecule has 2 N–H and O–H groups in total. The van der Waals surface area contributed by atoms with E-state index in [0.29, 0.717) is 11.5 Å². The van der Waals surface area contributed by atoms with Gasteiger partial charge in [0.15, 0.2) is 0 Å². The lowest BCUT2D eigenvalue weighted by Gasteiger charge is -2.10. The number of carbonyl (C=O) groups excluding carboxylic acids is 1. The summed E-state index contributed by atoms with van der Waals surface area (Å²) in [5.41, 5.74) is 2.83. The van der Waals surface area contributed by atoms with Gasteiger partial charge in [-0.2, -0.15) is 0 Å². The smallest absolute Gasteiger partial charge is 0.264 e. The van der Waals surface area contributed by atoms with Gasteiger partial charge in [-0.3, -0.25) is 4.79 Å². The maximum atomic E-state index is 12.2. The van der Waals surface area contributed by atoms with Crippen molar-refractivity contribution in [2.45, 2.75) is 25.2 Å². The number of sulfonamides is 1. The number of fused-ring (bicyclic) bond motifs is 1. The maximum Gasteiger partial charge on any atom is 0.264 e. The number of halogens is 1. The number of rotatable bonds is 6. The van der Waals surface area contributed by atoms with Crippen molar-refractivity contribution in [3.63, 3.8) is 0 Å². The summed E-state index contributed by atoms with van der Waals surface area (Å²) in [6.45, 7) is 3.27. The molecule has 2 heterocycles. The molecule has 0 fully saturated rings. The number of hydrogen-bond donors (Lipinski definition) is 2. The Morgan fingerprint density at radius 3 is 2.38 bits per heavy atom. The van der Waals surface area contributed by atoms with Crippen LogP contribution in [0.3, 0.4) is 0 Å². The summed E-state index contributed by atoms with van der Waals surface area (Å²) < 4.78 is 27.3. The van der Waals surface area contributed by atoms with E-state index in [4.69, 9.17) is 0 Å². The molecule has 0 spiro atoms. The number of anilines is 2.